The van der Waals surface area contributed by atoms with E-state index in [-0.39, 0.29) is 17.2 Å². The number of hydrogen-bond donors (Lipinski definition) is 0. The highest BCUT2D eigenvalue weighted by Gasteiger charge is 2.22. The second-order valence-electron chi connectivity index (χ2n) is 5.22. The predicted octanol–water partition coefficient (Wildman–Crippen LogP) is 4.61. The molecule has 0 atom stereocenters. The fourth-order valence-electron chi connectivity index (χ4n) is 2.58. The van der Waals surface area contributed by atoms with Crippen LogP contribution in [-0.4, -0.2) is 12.0 Å². The summed E-state index contributed by atoms with van der Waals surface area (Å²) in [5.74, 6) is -1.21. The van der Waals surface area contributed by atoms with Crippen molar-refractivity contribution in [2.24, 2.45) is 4.99 Å². The van der Waals surface area contributed by atoms with Crippen molar-refractivity contribution >= 4 is 29.3 Å². The second kappa shape index (κ2) is 5.61. The van der Waals surface area contributed by atoms with Crippen LogP contribution >= 0.6 is 11.6 Å². The van der Waals surface area contributed by atoms with Gasteiger partial charge in [-0.2, -0.15) is 0 Å². The van der Waals surface area contributed by atoms with Gasteiger partial charge >= 0.3 is 0 Å². The number of benzene rings is 2. The largest absolute Gasteiger partial charge is 0.294 e. The van der Waals surface area contributed by atoms with E-state index in [4.69, 9.17) is 11.6 Å². The minimum absolute atomic E-state index is 0.0334. The molecule has 0 aliphatic carbocycles. The fraction of sp³-hybridized carbons (Fsp3) is 0.176. The average Bonchev–Trinajstić information content (AvgIpc) is 2.96. The molecule has 0 amide bonds. The van der Waals surface area contributed by atoms with E-state index in [9.17, 15) is 13.6 Å². The van der Waals surface area contributed by atoms with Gasteiger partial charge in [0.2, 0.25) is 0 Å². The Morgan fingerprint density at radius 2 is 2.05 bits per heavy atom. The van der Waals surface area contributed by atoms with Gasteiger partial charge in [0.1, 0.15) is 11.6 Å². The Morgan fingerprint density at radius 3 is 2.77 bits per heavy atom. The molecule has 0 unspecified atom stereocenters. The minimum atomic E-state index is -0.534. The van der Waals surface area contributed by atoms with Crippen LogP contribution in [0.25, 0.3) is 0 Å². The number of fused-ring (bicyclic) bond motifs is 1. The summed E-state index contributed by atoms with van der Waals surface area (Å²) in [6.07, 6.45) is 2.22. The molecule has 5 heteroatoms. The average molecular weight is 320 g/mol. The topological polar surface area (TPSA) is 29.4 Å². The standard InChI is InChI=1S/C17H12ClF2NO/c1-9-15(20)8-12(11-4-5-21-17(9)11)16(22)7-10-2-3-14(19)13(18)6-10/h2-3,5-6,8H,4,7H2,1H3. The molecule has 0 saturated carbocycles. The van der Waals surface area contributed by atoms with Gasteiger partial charge in [0.15, 0.2) is 5.78 Å². The molecule has 0 radical (unpaired) electrons. The number of carbonyl (C=O) groups is 1. The second-order valence-corrected chi connectivity index (χ2v) is 5.63. The lowest BCUT2D eigenvalue weighted by atomic mass is 9.94. The lowest BCUT2D eigenvalue weighted by Gasteiger charge is -2.10. The monoisotopic (exact) mass is 319 g/mol. The van der Waals surface area contributed by atoms with E-state index in [0.717, 1.165) is 5.56 Å². The first-order valence-electron chi connectivity index (χ1n) is 6.79. The SMILES string of the molecule is Cc1c(F)cc(C(=O)Cc2ccc(F)c(Cl)c2)c2c1N=CC2. The van der Waals surface area contributed by atoms with Crippen LogP contribution in [0.15, 0.2) is 29.3 Å². The third kappa shape index (κ3) is 2.55. The Balaban J connectivity index is 1.95. The Hall–Kier alpha value is -2.07. The van der Waals surface area contributed by atoms with E-state index >= 15 is 0 Å². The molecule has 2 aromatic rings. The molecule has 0 N–H and O–H groups in total. The van der Waals surface area contributed by atoms with Gasteiger partial charge in [0, 0.05) is 30.2 Å². The van der Waals surface area contributed by atoms with E-state index in [1.54, 1.807) is 13.1 Å². The molecule has 22 heavy (non-hydrogen) atoms. The third-order valence-corrected chi connectivity index (χ3v) is 4.05. The highest BCUT2D eigenvalue weighted by Crippen LogP contribution is 2.33. The van der Waals surface area contributed by atoms with Crippen molar-refractivity contribution in [2.45, 2.75) is 19.8 Å². The van der Waals surface area contributed by atoms with Gasteiger partial charge in [0.05, 0.1) is 10.7 Å². The molecule has 1 heterocycles. The molecule has 3 rings (SSSR count). The summed E-state index contributed by atoms with van der Waals surface area (Å²) in [6, 6.07) is 5.39. The number of ketones is 1. The fourth-order valence-corrected chi connectivity index (χ4v) is 2.78. The predicted molar refractivity (Wildman–Crippen MR) is 82.4 cm³/mol. The van der Waals surface area contributed by atoms with Gasteiger partial charge in [-0.1, -0.05) is 17.7 Å². The van der Waals surface area contributed by atoms with Crippen LogP contribution in [0.4, 0.5) is 14.5 Å². The first-order chi connectivity index (χ1) is 10.5. The third-order valence-electron chi connectivity index (χ3n) is 3.76. The van der Waals surface area contributed by atoms with Gasteiger partial charge < -0.3 is 0 Å². The summed E-state index contributed by atoms with van der Waals surface area (Å²) in [7, 11) is 0. The summed E-state index contributed by atoms with van der Waals surface area (Å²) in [4.78, 5) is 16.6. The van der Waals surface area contributed by atoms with Crippen LogP contribution in [0, 0.1) is 18.6 Å². The van der Waals surface area contributed by atoms with E-state index in [1.165, 1.54) is 24.3 Å². The van der Waals surface area contributed by atoms with Gasteiger partial charge in [-0.3, -0.25) is 9.79 Å². The molecular formula is C17H12ClF2NO. The number of rotatable bonds is 3. The zero-order chi connectivity index (χ0) is 15.9. The molecule has 112 valence electrons. The van der Waals surface area contributed by atoms with Crippen molar-refractivity contribution in [1.29, 1.82) is 0 Å². The summed E-state index contributed by atoms with van der Waals surface area (Å²) < 4.78 is 27.1. The Morgan fingerprint density at radius 1 is 1.27 bits per heavy atom. The number of carbonyl (C=O) groups excluding carboxylic acids is 1. The lowest BCUT2D eigenvalue weighted by molar-refractivity contribution is 0.0992. The van der Waals surface area contributed by atoms with E-state index in [2.05, 4.69) is 4.99 Å². The minimum Gasteiger partial charge on any atom is -0.294 e. The molecule has 0 spiro atoms. The first-order valence-corrected chi connectivity index (χ1v) is 7.17. The molecule has 2 nitrogen and oxygen atoms in total. The number of aliphatic imine (C=N–C) groups is 1. The van der Waals surface area contributed by atoms with Gasteiger partial charge in [0.25, 0.3) is 0 Å². The number of hydrogen-bond acceptors (Lipinski definition) is 2. The van der Waals surface area contributed by atoms with Crippen LogP contribution in [0.2, 0.25) is 5.02 Å². The van der Waals surface area contributed by atoms with Crippen LogP contribution in [-0.2, 0) is 12.8 Å². The number of halogens is 3. The van der Waals surface area contributed by atoms with Crippen molar-refractivity contribution in [3.8, 4) is 0 Å². The molecule has 0 fully saturated rings. The molecule has 1 aliphatic heterocycles. The molecule has 0 bridgehead atoms. The molecule has 1 aliphatic rings. The van der Waals surface area contributed by atoms with Crippen molar-refractivity contribution in [1.82, 2.24) is 0 Å². The van der Waals surface area contributed by atoms with Crippen molar-refractivity contribution in [3.05, 3.63) is 63.2 Å². The summed E-state index contributed by atoms with van der Waals surface area (Å²) >= 11 is 5.72. The van der Waals surface area contributed by atoms with Crippen LogP contribution in [0.5, 0.6) is 0 Å². The van der Waals surface area contributed by atoms with Crippen molar-refractivity contribution in [3.63, 3.8) is 0 Å². The molecule has 2 aromatic carbocycles. The maximum Gasteiger partial charge on any atom is 0.167 e. The van der Waals surface area contributed by atoms with Crippen LogP contribution in [0.3, 0.4) is 0 Å². The van der Waals surface area contributed by atoms with Crippen LogP contribution in [0.1, 0.15) is 27.0 Å². The first kappa shape index (κ1) is 14.9. The normalized spacial score (nSPS) is 12.5. The highest BCUT2D eigenvalue weighted by atomic mass is 35.5. The molecule has 0 aromatic heterocycles. The zero-order valence-electron chi connectivity index (χ0n) is 11.8. The maximum atomic E-state index is 14.0. The van der Waals surface area contributed by atoms with E-state index < -0.39 is 11.6 Å². The molecular weight excluding hydrogens is 308 g/mol. The highest BCUT2D eigenvalue weighted by molar-refractivity contribution is 6.30. The zero-order valence-corrected chi connectivity index (χ0v) is 12.5. The molecule has 0 saturated heterocycles. The lowest BCUT2D eigenvalue weighted by Crippen LogP contribution is -2.08. The summed E-state index contributed by atoms with van der Waals surface area (Å²) in [5, 5.41) is -0.0334. The smallest absolute Gasteiger partial charge is 0.167 e. The Bertz CT molecular complexity index is 815. The summed E-state index contributed by atoms with van der Waals surface area (Å²) in [6.45, 7) is 1.64. The Labute approximate surface area is 131 Å². The number of nitrogens with zero attached hydrogens (tertiary/aromatic N) is 1. The quantitative estimate of drug-likeness (QED) is 0.760. The van der Waals surface area contributed by atoms with Gasteiger partial charge in [-0.25, -0.2) is 8.78 Å². The van der Waals surface area contributed by atoms with Gasteiger partial charge in [-0.05, 0) is 36.2 Å². The maximum absolute atomic E-state index is 14.0. The van der Waals surface area contributed by atoms with Crippen molar-refractivity contribution in [2.75, 3.05) is 0 Å². The van der Waals surface area contributed by atoms with Crippen molar-refractivity contribution < 1.29 is 13.6 Å². The van der Waals surface area contributed by atoms with Crippen LogP contribution < -0.4 is 0 Å². The Kier molecular flexibility index (Phi) is 3.79. The van der Waals surface area contributed by atoms with E-state index in [1.807, 2.05) is 0 Å². The number of Topliss-reactive ketones (excluding diaryl/α,β-unsaturated/α-hetero) is 1. The van der Waals surface area contributed by atoms with E-state index in [0.29, 0.717) is 28.8 Å². The summed E-state index contributed by atoms with van der Waals surface area (Å²) in [5.41, 5.74) is 2.66. The van der Waals surface area contributed by atoms with Gasteiger partial charge in [-0.15, -0.1) is 0 Å².